The molecule has 0 radical (unpaired) electrons. The van der Waals surface area contributed by atoms with E-state index in [1.54, 1.807) is 0 Å². The summed E-state index contributed by atoms with van der Waals surface area (Å²) in [5, 5.41) is 0. The lowest BCUT2D eigenvalue weighted by atomic mass is 10.2. The molecule has 2 N–H and O–H groups in total. The van der Waals surface area contributed by atoms with Crippen molar-refractivity contribution in [2.75, 3.05) is 19.6 Å². The molecule has 1 atom stereocenters. The average Bonchev–Trinajstić information content (AvgIpc) is 2.90. The molecule has 0 aliphatic carbocycles. The highest BCUT2D eigenvalue weighted by Crippen LogP contribution is 2.16. The van der Waals surface area contributed by atoms with Crippen LogP contribution in [0.1, 0.15) is 31.7 Å². The number of nitrogens with zero attached hydrogens (tertiary/aromatic N) is 1. The van der Waals surface area contributed by atoms with Gasteiger partial charge < -0.3 is 15.4 Å². The van der Waals surface area contributed by atoms with Crippen LogP contribution in [0.5, 0.6) is 5.75 Å². The van der Waals surface area contributed by atoms with Gasteiger partial charge in [0.1, 0.15) is 5.75 Å². The summed E-state index contributed by atoms with van der Waals surface area (Å²) in [7, 11) is 0. The smallest absolute Gasteiger partial charge is 0.120 e. The Morgan fingerprint density at radius 1 is 1.33 bits per heavy atom. The Morgan fingerprint density at radius 3 is 2.83 bits per heavy atom. The lowest BCUT2D eigenvalue weighted by Crippen LogP contribution is -2.25. The summed E-state index contributed by atoms with van der Waals surface area (Å²) in [5.41, 5.74) is 6.75. The van der Waals surface area contributed by atoms with Crippen LogP contribution in [0.15, 0.2) is 24.3 Å². The molecule has 18 heavy (non-hydrogen) atoms. The van der Waals surface area contributed by atoms with Gasteiger partial charge in [0, 0.05) is 13.1 Å². The number of ether oxygens (including phenoxy) is 1. The topological polar surface area (TPSA) is 38.5 Å². The molecule has 1 saturated heterocycles. The molecule has 0 amide bonds. The van der Waals surface area contributed by atoms with Crippen LogP contribution in [0, 0.1) is 0 Å². The maximum atomic E-state index is 5.93. The Hall–Kier alpha value is -1.06. The first-order valence-corrected chi connectivity index (χ1v) is 6.96. The van der Waals surface area contributed by atoms with Crippen LogP contribution in [-0.2, 0) is 6.54 Å². The van der Waals surface area contributed by atoms with E-state index < -0.39 is 0 Å². The van der Waals surface area contributed by atoms with Gasteiger partial charge in [0.25, 0.3) is 0 Å². The van der Waals surface area contributed by atoms with Crippen molar-refractivity contribution in [2.24, 2.45) is 5.73 Å². The van der Waals surface area contributed by atoms with Crippen molar-refractivity contribution >= 4 is 0 Å². The molecule has 0 saturated carbocycles. The van der Waals surface area contributed by atoms with Crippen LogP contribution in [0.4, 0.5) is 0 Å². The number of nitrogens with two attached hydrogens (primary N) is 1. The summed E-state index contributed by atoms with van der Waals surface area (Å²) in [6.07, 6.45) is 4.06. The van der Waals surface area contributed by atoms with E-state index in [1.165, 1.54) is 25.9 Å². The molecule has 1 heterocycles. The average molecular weight is 248 g/mol. The van der Waals surface area contributed by atoms with Gasteiger partial charge in [0.2, 0.25) is 0 Å². The third-order valence-electron chi connectivity index (χ3n) is 3.52. The third-order valence-corrected chi connectivity index (χ3v) is 3.52. The third kappa shape index (κ3) is 4.00. The van der Waals surface area contributed by atoms with Gasteiger partial charge in [-0.2, -0.15) is 0 Å². The summed E-state index contributed by atoms with van der Waals surface area (Å²) in [6.45, 7) is 6.38. The lowest BCUT2D eigenvalue weighted by molar-refractivity contribution is 0.187. The molecule has 0 spiro atoms. The zero-order valence-corrected chi connectivity index (χ0v) is 11.3. The van der Waals surface area contributed by atoms with Gasteiger partial charge in [-0.05, 0) is 57.0 Å². The summed E-state index contributed by atoms with van der Waals surface area (Å²) in [6, 6.07) is 8.07. The quantitative estimate of drug-likeness (QED) is 0.840. The minimum absolute atomic E-state index is 0.263. The number of benzene rings is 1. The fourth-order valence-electron chi connectivity index (χ4n) is 2.41. The van der Waals surface area contributed by atoms with Crippen LogP contribution in [0.3, 0.4) is 0 Å². The van der Waals surface area contributed by atoms with E-state index in [0.29, 0.717) is 6.54 Å². The molecule has 3 nitrogen and oxygen atoms in total. The van der Waals surface area contributed by atoms with Crippen LogP contribution in [0.2, 0.25) is 0 Å². The first-order chi connectivity index (χ1) is 8.78. The molecule has 1 unspecified atom stereocenters. The number of hydrogen-bond acceptors (Lipinski definition) is 3. The fraction of sp³-hybridized carbons (Fsp3) is 0.600. The van der Waals surface area contributed by atoms with E-state index in [9.17, 15) is 0 Å². The van der Waals surface area contributed by atoms with Crippen molar-refractivity contribution in [3.8, 4) is 5.75 Å². The van der Waals surface area contributed by atoms with E-state index in [-0.39, 0.29) is 6.10 Å². The summed E-state index contributed by atoms with van der Waals surface area (Å²) in [5.74, 6) is 0.937. The molecule has 2 rings (SSSR count). The minimum atomic E-state index is 0.263. The molecule has 1 aromatic rings. The largest absolute Gasteiger partial charge is 0.491 e. The minimum Gasteiger partial charge on any atom is -0.491 e. The molecule has 1 aliphatic rings. The Labute approximate surface area is 110 Å². The van der Waals surface area contributed by atoms with E-state index in [2.05, 4.69) is 11.8 Å². The van der Waals surface area contributed by atoms with Crippen LogP contribution < -0.4 is 10.5 Å². The molecule has 1 fully saturated rings. The summed E-state index contributed by atoms with van der Waals surface area (Å²) >= 11 is 0. The molecular weight excluding hydrogens is 224 g/mol. The van der Waals surface area contributed by atoms with Gasteiger partial charge in [-0.15, -0.1) is 0 Å². The van der Waals surface area contributed by atoms with E-state index >= 15 is 0 Å². The second-order valence-corrected chi connectivity index (χ2v) is 5.12. The van der Waals surface area contributed by atoms with Crippen molar-refractivity contribution in [3.63, 3.8) is 0 Å². The second-order valence-electron chi connectivity index (χ2n) is 5.12. The molecule has 3 heteroatoms. The SMILES string of the molecule is CC(CCN1CCCC1)Oc1cccc(CN)c1. The summed E-state index contributed by atoms with van der Waals surface area (Å²) in [4.78, 5) is 2.52. The predicted molar refractivity (Wildman–Crippen MR) is 74.7 cm³/mol. The normalized spacial score (nSPS) is 17.9. The molecule has 100 valence electrons. The first kappa shape index (κ1) is 13.4. The van der Waals surface area contributed by atoms with Crippen molar-refractivity contribution in [2.45, 2.75) is 38.8 Å². The van der Waals surface area contributed by atoms with E-state index in [0.717, 1.165) is 24.3 Å². The predicted octanol–water partition coefficient (Wildman–Crippen LogP) is 2.40. The van der Waals surface area contributed by atoms with E-state index in [1.807, 2.05) is 24.3 Å². The molecule has 0 aromatic heterocycles. The molecule has 1 aliphatic heterocycles. The Bertz CT molecular complexity index is 361. The van der Waals surface area contributed by atoms with E-state index in [4.69, 9.17) is 10.5 Å². The lowest BCUT2D eigenvalue weighted by Gasteiger charge is -2.19. The monoisotopic (exact) mass is 248 g/mol. The zero-order chi connectivity index (χ0) is 12.8. The van der Waals surface area contributed by atoms with Crippen LogP contribution >= 0.6 is 0 Å². The Morgan fingerprint density at radius 2 is 2.11 bits per heavy atom. The highest BCUT2D eigenvalue weighted by atomic mass is 16.5. The van der Waals surface area contributed by atoms with Crippen molar-refractivity contribution < 1.29 is 4.74 Å². The standard InChI is InChI=1S/C15H24N2O/c1-13(7-10-17-8-2-3-9-17)18-15-6-4-5-14(11-15)12-16/h4-6,11,13H,2-3,7-10,12,16H2,1H3. The van der Waals surface area contributed by atoms with Gasteiger partial charge in [0.15, 0.2) is 0 Å². The first-order valence-electron chi connectivity index (χ1n) is 6.96. The highest BCUT2D eigenvalue weighted by Gasteiger charge is 2.13. The van der Waals surface area contributed by atoms with Gasteiger partial charge >= 0.3 is 0 Å². The van der Waals surface area contributed by atoms with Crippen molar-refractivity contribution in [1.29, 1.82) is 0 Å². The number of likely N-dealkylation sites (tertiary alicyclic amines) is 1. The van der Waals surface area contributed by atoms with Gasteiger partial charge in [-0.25, -0.2) is 0 Å². The maximum Gasteiger partial charge on any atom is 0.120 e. The Balaban J connectivity index is 1.76. The van der Waals surface area contributed by atoms with Crippen molar-refractivity contribution in [3.05, 3.63) is 29.8 Å². The van der Waals surface area contributed by atoms with Gasteiger partial charge in [-0.3, -0.25) is 0 Å². The molecule has 0 bridgehead atoms. The van der Waals surface area contributed by atoms with Gasteiger partial charge in [0.05, 0.1) is 6.10 Å². The number of hydrogen-bond donors (Lipinski definition) is 1. The van der Waals surface area contributed by atoms with Crippen LogP contribution in [0.25, 0.3) is 0 Å². The zero-order valence-electron chi connectivity index (χ0n) is 11.3. The Kier molecular flexibility index (Phi) is 5.02. The fourth-order valence-corrected chi connectivity index (χ4v) is 2.41. The van der Waals surface area contributed by atoms with Crippen LogP contribution in [-0.4, -0.2) is 30.6 Å². The van der Waals surface area contributed by atoms with Crippen molar-refractivity contribution in [1.82, 2.24) is 4.90 Å². The molecular formula is C15H24N2O. The van der Waals surface area contributed by atoms with Gasteiger partial charge in [-0.1, -0.05) is 12.1 Å². The maximum absolute atomic E-state index is 5.93. The second kappa shape index (κ2) is 6.76. The summed E-state index contributed by atoms with van der Waals surface area (Å²) < 4.78 is 5.93. The molecule has 1 aromatic carbocycles. The highest BCUT2D eigenvalue weighted by molar-refractivity contribution is 5.28. The number of rotatable bonds is 6.